The quantitative estimate of drug-likeness (QED) is 0.707. The Labute approximate surface area is 164 Å². The van der Waals surface area contributed by atoms with Crippen LogP contribution in [0.15, 0.2) is 36.7 Å². The van der Waals surface area contributed by atoms with E-state index in [0.717, 1.165) is 12.1 Å². The first-order valence-electron chi connectivity index (χ1n) is 9.10. The molecule has 0 saturated carbocycles. The molecule has 0 radical (unpaired) electrons. The minimum Gasteiger partial charge on any atom is -0.279 e. The Morgan fingerprint density at radius 1 is 1.24 bits per heavy atom. The summed E-state index contributed by atoms with van der Waals surface area (Å²) in [7, 11) is 0. The fourth-order valence-electron chi connectivity index (χ4n) is 3.49. The van der Waals surface area contributed by atoms with E-state index < -0.39 is 18.2 Å². The molecule has 2 aromatic heterocycles. The Bertz CT molecular complexity index is 1010. The standard InChI is InChI=1S/C19H17F3N6O/c20-14-4-3-11(15(9-14)16(21)22)8-12-2-1-7-28(18(12)29)19-25-17(26-27-19)13-5-6-23-24-10-13/h3-6,9-10,12,16H,1-2,7-8H2,(H,25,26,27). The lowest BCUT2D eigenvalue weighted by Crippen LogP contribution is -2.42. The Hall–Kier alpha value is -3.30. The lowest BCUT2D eigenvalue weighted by molar-refractivity contribution is -0.123. The summed E-state index contributed by atoms with van der Waals surface area (Å²) in [6.45, 7) is 0.437. The molecule has 1 aliphatic heterocycles. The molecule has 0 bridgehead atoms. The van der Waals surface area contributed by atoms with Crippen molar-refractivity contribution in [3.8, 4) is 11.4 Å². The third kappa shape index (κ3) is 3.96. The van der Waals surface area contributed by atoms with Crippen molar-refractivity contribution in [2.45, 2.75) is 25.7 Å². The number of anilines is 1. The van der Waals surface area contributed by atoms with Crippen LogP contribution in [0.2, 0.25) is 0 Å². The molecular weight excluding hydrogens is 385 g/mol. The summed E-state index contributed by atoms with van der Waals surface area (Å²) in [6.07, 6.45) is 1.58. The van der Waals surface area contributed by atoms with E-state index >= 15 is 0 Å². The van der Waals surface area contributed by atoms with Crippen molar-refractivity contribution in [1.29, 1.82) is 0 Å². The fourth-order valence-corrected chi connectivity index (χ4v) is 3.49. The average molecular weight is 402 g/mol. The minimum atomic E-state index is -2.81. The molecular formula is C19H17F3N6O. The molecule has 3 heterocycles. The zero-order valence-electron chi connectivity index (χ0n) is 15.2. The highest BCUT2D eigenvalue weighted by Crippen LogP contribution is 2.30. The molecule has 0 spiro atoms. The van der Waals surface area contributed by atoms with E-state index in [0.29, 0.717) is 30.8 Å². The van der Waals surface area contributed by atoms with E-state index in [9.17, 15) is 18.0 Å². The van der Waals surface area contributed by atoms with Crippen LogP contribution in [0.4, 0.5) is 19.1 Å². The Kier molecular flexibility index (Phi) is 5.24. The molecule has 1 aromatic carbocycles. The molecule has 1 N–H and O–H groups in total. The maximum Gasteiger partial charge on any atom is 0.264 e. The third-order valence-corrected chi connectivity index (χ3v) is 4.93. The van der Waals surface area contributed by atoms with Crippen LogP contribution >= 0.6 is 0 Å². The van der Waals surface area contributed by atoms with E-state index in [2.05, 4.69) is 25.4 Å². The zero-order chi connectivity index (χ0) is 20.4. The molecule has 1 amide bonds. The number of benzene rings is 1. The van der Waals surface area contributed by atoms with E-state index in [1.54, 1.807) is 6.07 Å². The predicted octanol–water partition coefficient (Wildman–Crippen LogP) is 3.32. The largest absolute Gasteiger partial charge is 0.279 e. The number of aromatic amines is 1. The van der Waals surface area contributed by atoms with E-state index in [4.69, 9.17) is 0 Å². The van der Waals surface area contributed by atoms with Crippen LogP contribution in [0.5, 0.6) is 0 Å². The van der Waals surface area contributed by atoms with Gasteiger partial charge in [0, 0.05) is 23.6 Å². The molecule has 1 aliphatic rings. The lowest BCUT2D eigenvalue weighted by Gasteiger charge is -2.30. The first-order valence-corrected chi connectivity index (χ1v) is 9.10. The molecule has 1 unspecified atom stereocenters. The summed E-state index contributed by atoms with van der Waals surface area (Å²) in [4.78, 5) is 18.8. The molecule has 1 atom stereocenters. The van der Waals surface area contributed by atoms with Crippen molar-refractivity contribution < 1.29 is 18.0 Å². The second-order valence-corrected chi connectivity index (χ2v) is 6.79. The number of hydrogen-bond donors (Lipinski definition) is 1. The van der Waals surface area contributed by atoms with Gasteiger partial charge in [-0.25, -0.2) is 13.2 Å². The molecule has 1 saturated heterocycles. The number of carbonyl (C=O) groups excluding carboxylic acids is 1. The van der Waals surface area contributed by atoms with Gasteiger partial charge < -0.3 is 0 Å². The van der Waals surface area contributed by atoms with Gasteiger partial charge in [-0.2, -0.15) is 15.2 Å². The van der Waals surface area contributed by atoms with Crippen LogP contribution in [0.3, 0.4) is 0 Å². The van der Waals surface area contributed by atoms with Gasteiger partial charge in [0.2, 0.25) is 5.91 Å². The number of hydrogen-bond acceptors (Lipinski definition) is 5. The highest BCUT2D eigenvalue weighted by molar-refractivity contribution is 5.94. The highest BCUT2D eigenvalue weighted by atomic mass is 19.3. The summed E-state index contributed by atoms with van der Waals surface area (Å²) in [5.41, 5.74) is 0.577. The van der Waals surface area contributed by atoms with Gasteiger partial charge in [-0.05, 0) is 43.0 Å². The van der Waals surface area contributed by atoms with Crippen LogP contribution in [0, 0.1) is 11.7 Å². The summed E-state index contributed by atoms with van der Waals surface area (Å²) in [6, 6.07) is 4.99. The Morgan fingerprint density at radius 2 is 2.10 bits per heavy atom. The SMILES string of the molecule is O=C1C(Cc2ccc(F)cc2C(F)F)CCCN1c1n[nH]c(-c2ccnnc2)n1. The van der Waals surface area contributed by atoms with Crippen LogP contribution < -0.4 is 4.90 Å². The summed E-state index contributed by atoms with van der Waals surface area (Å²) >= 11 is 0. The van der Waals surface area contributed by atoms with Crippen molar-refractivity contribution in [2.75, 3.05) is 11.4 Å². The predicted molar refractivity (Wildman–Crippen MR) is 97.5 cm³/mol. The second-order valence-electron chi connectivity index (χ2n) is 6.79. The monoisotopic (exact) mass is 402 g/mol. The van der Waals surface area contributed by atoms with E-state index in [-0.39, 0.29) is 29.4 Å². The van der Waals surface area contributed by atoms with Crippen LogP contribution in [0.25, 0.3) is 11.4 Å². The number of nitrogens with one attached hydrogen (secondary N) is 1. The second kappa shape index (κ2) is 7.98. The highest BCUT2D eigenvalue weighted by Gasteiger charge is 2.33. The number of carbonyl (C=O) groups is 1. The average Bonchev–Trinajstić information content (AvgIpc) is 3.21. The van der Waals surface area contributed by atoms with Gasteiger partial charge in [-0.15, -0.1) is 5.10 Å². The molecule has 0 aliphatic carbocycles. The first kappa shape index (κ1) is 19.0. The number of halogens is 3. The normalized spacial score (nSPS) is 17.2. The zero-order valence-corrected chi connectivity index (χ0v) is 15.2. The maximum absolute atomic E-state index is 13.4. The Morgan fingerprint density at radius 3 is 2.86 bits per heavy atom. The molecule has 29 heavy (non-hydrogen) atoms. The van der Waals surface area contributed by atoms with Crippen molar-refractivity contribution in [2.24, 2.45) is 5.92 Å². The summed E-state index contributed by atoms with van der Waals surface area (Å²) < 4.78 is 39.9. The topological polar surface area (TPSA) is 87.7 Å². The van der Waals surface area contributed by atoms with Gasteiger partial charge >= 0.3 is 0 Å². The molecule has 10 heteroatoms. The van der Waals surface area contributed by atoms with Crippen molar-refractivity contribution in [1.82, 2.24) is 25.4 Å². The molecule has 4 rings (SSSR count). The van der Waals surface area contributed by atoms with Crippen molar-refractivity contribution in [3.05, 3.63) is 53.6 Å². The smallest absolute Gasteiger partial charge is 0.264 e. The van der Waals surface area contributed by atoms with Gasteiger partial charge in [-0.3, -0.25) is 14.8 Å². The fraction of sp³-hybridized carbons (Fsp3) is 0.316. The van der Waals surface area contributed by atoms with Crippen molar-refractivity contribution in [3.63, 3.8) is 0 Å². The minimum absolute atomic E-state index is 0.112. The number of alkyl halides is 2. The van der Waals surface area contributed by atoms with Gasteiger partial charge in [0.1, 0.15) is 5.82 Å². The lowest BCUT2D eigenvalue weighted by atomic mass is 9.88. The molecule has 7 nitrogen and oxygen atoms in total. The number of H-pyrrole nitrogens is 1. The number of piperidine rings is 1. The van der Waals surface area contributed by atoms with Crippen molar-refractivity contribution >= 4 is 11.9 Å². The van der Waals surface area contributed by atoms with Gasteiger partial charge in [0.05, 0.1) is 12.4 Å². The van der Waals surface area contributed by atoms with E-state index in [1.807, 2.05) is 0 Å². The number of rotatable bonds is 5. The molecule has 3 aromatic rings. The third-order valence-electron chi connectivity index (χ3n) is 4.93. The van der Waals surface area contributed by atoms with Crippen LogP contribution in [-0.2, 0) is 11.2 Å². The van der Waals surface area contributed by atoms with Crippen LogP contribution in [0.1, 0.15) is 30.4 Å². The number of amides is 1. The number of nitrogens with zero attached hydrogens (tertiary/aromatic N) is 5. The Balaban J connectivity index is 1.54. The van der Waals surface area contributed by atoms with E-state index in [1.165, 1.54) is 23.4 Å². The van der Waals surface area contributed by atoms with Gasteiger partial charge in [-0.1, -0.05) is 6.07 Å². The number of aromatic nitrogens is 5. The molecule has 1 fully saturated rings. The van der Waals surface area contributed by atoms with Crippen LogP contribution in [-0.4, -0.2) is 37.8 Å². The van der Waals surface area contributed by atoms with Gasteiger partial charge in [0.15, 0.2) is 5.82 Å². The summed E-state index contributed by atoms with van der Waals surface area (Å²) in [5.74, 6) is -0.794. The maximum atomic E-state index is 13.4. The molecule has 150 valence electrons. The first-order chi connectivity index (χ1) is 14.0. The van der Waals surface area contributed by atoms with Gasteiger partial charge in [0.25, 0.3) is 12.4 Å². The summed E-state index contributed by atoms with van der Waals surface area (Å²) in [5, 5.41) is 14.4.